The van der Waals surface area contributed by atoms with Gasteiger partial charge in [0.05, 0.1) is 10.6 Å². The van der Waals surface area contributed by atoms with Crippen LogP contribution in [-0.4, -0.2) is 11.0 Å². The van der Waals surface area contributed by atoms with Gasteiger partial charge in [0.25, 0.3) is 5.91 Å². The van der Waals surface area contributed by atoms with Crippen LogP contribution < -0.4 is 10.6 Å². The lowest BCUT2D eigenvalue weighted by atomic mass is 10.1. The Labute approximate surface area is 172 Å². The van der Waals surface area contributed by atoms with E-state index >= 15 is 0 Å². The van der Waals surface area contributed by atoms with Crippen molar-refractivity contribution in [3.63, 3.8) is 0 Å². The maximum atomic E-state index is 12.3. The molecular weight excluding hydrogens is 399 g/mol. The van der Waals surface area contributed by atoms with Crippen LogP contribution in [0, 0.1) is 0 Å². The topological polar surface area (TPSA) is 41.1 Å². The normalized spacial score (nSPS) is 11.5. The van der Waals surface area contributed by atoms with Gasteiger partial charge in [0.1, 0.15) is 0 Å². The number of thiocarbonyl (C=S) groups is 1. The molecule has 4 rings (SSSR count). The number of rotatable bonds is 2. The van der Waals surface area contributed by atoms with Gasteiger partial charge in [-0.25, -0.2) is 0 Å². The van der Waals surface area contributed by atoms with Gasteiger partial charge in [-0.1, -0.05) is 53.5 Å². The molecule has 6 heteroatoms. The van der Waals surface area contributed by atoms with Crippen LogP contribution in [0.5, 0.6) is 0 Å². The zero-order chi connectivity index (χ0) is 19.0. The average Bonchev–Trinajstić information content (AvgIpc) is 2.99. The lowest BCUT2D eigenvalue weighted by Crippen LogP contribution is -2.34. The Bertz CT molecular complexity index is 1080. The van der Waals surface area contributed by atoms with Crippen LogP contribution in [0.25, 0.3) is 11.1 Å². The van der Waals surface area contributed by atoms with E-state index in [1.807, 2.05) is 12.1 Å². The van der Waals surface area contributed by atoms with Crippen LogP contribution in [0.15, 0.2) is 60.7 Å². The number of fused-ring (bicyclic) bond motifs is 3. The standard InChI is InChI=1S/C21H14Cl2N2OS/c22-14-5-7-18(19(23)11-14)20(26)25-21(27)24-15-6-8-17-13(10-15)9-12-3-1-2-4-16(12)17/h1-8,10-11H,9H2,(H2,24,25,26,27). The maximum Gasteiger partial charge on any atom is 0.258 e. The second kappa shape index (κ2) is 7.31. The fourth-order valence-corrected chi connectivity index (χ4v) is 3.93. The highest BCUT2D eigenvalue weighted by atomic mass is 35.5. The number of anilines is 1. The van der Waals surface area contributed by atoms with E-state index < -0.39 is 0 Å². The molecule has 1 aliphatic rings. The van der Waals surface area contributed by atoms with E-state index in [0.29, 0.717) is 10.6 Å². The fourth-order valence-electron chi connectivity index (χ4n) is 3.23. The van der Waals surface area contributed by atoms with Crippen LogP contribution in [0.1, 0.15) is 21.5 Å². The Hall–Kier alpha value is -2.40. The zero-order valence-electron chi connectivity index (χ0n) is 14.1. The summed E-state index contributed by atoms with van der Waals surface area (Å²) >= 11 is 17.2. The van der Waals surface area contributed by atoms with Crippen LogP contribution in [-0.2, 0) is 6.42 Å². The molecule has 0 saturated heterocycles. The molecule has 0 saturated carbocycles. The highest BCUT2D eigenvalue weighted by molar-refractivity contribution is 7.80. The Morgan fingerprint density at radius 1 is 0.926 bits per heavy atom. The molecule has 0 unspecified atom stereocenters. The molecule has 0 bridgehead atoms. The Morgan fingerprint density at radius 2 is 1.70 bits per heavy atom. The lowest BCUT2D eigenvalue weighted by Gasteiger charge is -2.12. The predicted molar refractivity (Wildman–Crippen MR) is 115 cm³/mol. The molecule has 1 amide bonds. The first kappa shape index (κ1) is 18.0. The number of carbonyl (C=O) groups is 1. The molecule has 1 aliphatic carbocycles. The van der Waals surface area contributed by atoms with Crippen molar-refractivity contribution < 1.29 is 4.79 Å². The van der Waals surface area contributed by atoms with E-state index in [-0.39, 0.29) is 16.0 Å². The smallest absolute Gasteiger partial charge is 0.258 e. The summed E-state index contributed by atoms with van der Waals surface area (Å²) in [5, 5.41) is 6.66. The summed E-state index contributed by atoms with van der Waals surface area (Å²) in [6, 6.07) is 19.2. The Morgan fingerprint density at radius 3 is 2.52 bits per heavy atom. The molecule has 3 aromatic carbocycles. The van der Waals surface area contributed by atoms with Crippen LogP contribution in [0.3, 0.4) is 0 Å². The van der Waals surface area contributed by atoms with E-state index in [1.165, 1.54) is 28.3 Å². The van der Waals surface area contributed by atoms with Crippen molar-refractivity contribution in [2.45, 2.75) is 6.42 Å². The largest absolute Gasteiger partial charge is 0.332 e. The molecule has 0 heterocycles. The molecule has 0 aliphatic heterocycles. The quantitative estimate of drug-likeness (QED) is 0.415. The highest BCUT2D eigenvalue weighted by Gasteiger charge is 2.18. The van der Waals surface area contributed by atoms with Gasteiger partial charge in [-0.15, -0.1) is 0 Å². The Kier molecular flexibility index (Phi) is 4.87. The molecule has 27 heavy (non-hydrogen) atoms. The molecule has 0 atom stereocenters. The number of halogens is 2. The van der Waals surface area contributed by atoms with Gasteiger partial charge in [-0.2, -0.15) is 0 Å². The summed E-state index contributed by atoms with van der Waals surface area (Å²) in [5.41, 5.74) is 6.20. The number of hydrogen-bond acceptors (Lipinski definition) is 2. The van der Waals surface area contributed by atoms with Crippen molar-refractivity contribution in [1.82, 2.24) is 5.32 Å². The Balaban J connectivity index is 1.46. The van der Waals surface area contributed by atoms with Crippen molar-refractivity contribution in [2.75, 3.05) is 5.32 Å². The third-order valence-corrected chi connectivity index (χ3v) is 5.21. The third kappa shape index (κ3) is 3.69. The van der Waals surface area contributed by atoms with Crippen molar-refractivity contribution in [3.05, 3.63) is 87.4 Å². The third-order valence-electron chi connectivity index (χ3n) is 4.45. The van der Waals surface area contributed by atoms with E-state index in [4.69, 9.17) is 35.4 Å². The molecule has 0 radical (unpaired) electrons. The molecule has 134 valence electrons. The number of amides is 1. The minimum absolute atomic E-state index is 0.210. The first-order valence-electron chi connectivity index (χ1n) is 8.30. The van der Waals surface area contributed by atoms with Crippen LogP contribution >= 0.6 is 35.4 Å². The fraction of sp³-hybridized carbons (Fsp3) is 0.0476. The zero-order valence-corrected chi connectivity index (χ0v) is 16.4. The SMILES string of the molecule is O=C(NC(=S)Nc1ccc2c(c1)Cc1ccccc1-2)c1ccc(Cl)cc1Cl. The van der Waals surface area contributed by atoms with Gasteiger partial charge in [0, 0.05) is 10.7 Å². The highest BCUT2D eigenvalue weighted by Crippen LogP contribution is 2.37. The molecule has 0 aromatic heterocycles. The first-order chi connectivity index (χ1) is 13.0. The van der Waals surface area contributed by atoms with E-state index in [9.17, 15) is 4.79 Å². The summed E-state index contributed by atoms with van der Waals surface area (Å²) in [6.07, 6.45) is 0.889. The minimum Gasteiger partial charge on any atom is -0.332 e. The average molecular weight is 413 g/mol. The van der Waals surface area contributed by atoms with Gasteiger partial charge in [-0.05, 0) is 71.2 Å². The van der Waals surface area contributed by atoms with Gasteiger partial charge in [0.2, 0.25) is 0 Å². The molecule has 3 nitrogen and oxygen atoms in total. The predicted octanol–water partition coefficient (Wildman–Crippen LogP) is 5.69. The number of nitrogens with one attached hydrogen (secondary N) is 2. The summed E-state index contributed by atoms with van der Waals surface area (Å²) < 4.78 is 0. The number of carbonyl (C=O) groups excluding carboxylic acids is 1. The number of benzene rings is 3. The second-order valence-corrected chi connectivity index (χ2v) is 7.49. The molecular formula is C21H14Cl2N2OS. The van der Waals surface area contributed by atoms with Crippen molar-refractivity contribution in [1.29, 1.82) is 0 Å². The summed E-state index contributed by atoms with van der Waals surface area (Å²) in [4.78, 5) is 12.3. The molecule has 2 N–H and O–H groups in total. The molecule has 0 fully saturated rings. The summed E-state index contributed by atoms with van der Waals surface area (Å²) in [7, 11) is 0. The minimum atomic E-state index is -0.386. The van der Waals surface area contributed by atoms with E-state index in [0.717, 1.165) is 12.1 Å². The van der Waals surface area contributed by atoms with Crippen LogP contribution in [0.4, 0.5) is 5.69 Å². The number of hydrogen-bond donors (Lipinski definition) is 2. The molecule has 3 aromatic rings. The van der Waals surface area contributed by atoms with Gasteiger partial charge in [0.15, 0.2) is 5.11 Å². The summed E-state index contributed by atoms with van der Waals surface area (Å²) in [5.74, 6) is -0.386. The van der Waals surface area contributed by atoms with Gasteiger partial charge in [-0.3, -0.25) is 10.1 Å². The van der Waals surface area contributed by atoms with Crippen molar-refractivity contribution in [3.8, 4) is 11.1 Å². The van der Waals surface area contributed by atoms with E-state index in [1.54, 1.807) is 12.1 Å². The summed E-state index contributed by atoms with van der Waals surface area (Å²) in [6.45, 7) is 0. The van der Waals surface area contributed by atoms with E-state index in [2.05, 4.69) is 41.0 Å². The lowest BCUT2D eigenvalue weighted by molar-refractivity contribution is 0.0978. The van der Waals surface area contributed by atoms with Gasteiger partial charge < -0.3 is 5.32 Å². The second-order valence-electron chi connectivity index (χ2n) is 6.24. The van der Waals surface area contributed by atoms with Gasteiger partial charge >= 0.3 is 0 Å². The van der Waals surface area contributed by atoms with Crippen LogP contribution in [0.2, 0.25) is 10.0 Å². The van der Waals surface area contributed by atoms with Crippen molar-refractivity contribution in [2.24, 2.45) is 0 Å². The monoisotopic (exact) mass is 412 g/mol. The maximum absolute atomic E-state index is 12.3. The first-order valence-corrected chi connectivity index (χ1v) is 9.46. The van der Waals surface area contributed by atoms with Crippen molar-refractivity contribution >= 4 is 52.1 Å². The molecule has 0 spiro atoms.